The van der Waals surface area contributed by atoms with Gasteiger partial charge in [-0.2, -0.15) is 9.29 Å². The molecule has 1 aliphatic rings. The van der Waals surface area contributed by atoms with Crippen molar-refractivity contribution in [3.8, 4) is 10.7 Å². The Morgan fingerprint density at radius 2 is 1.85 bits per heavy atom. The molecule has 1 amide bonds. The number of nitrogens with zero attached hydrogens (tertiary/aromatic N) is 4. The molecule has 0 aliphatic carbocycles. The third-order valence-electron chi connectivity index (χ3n) is 5.63. The Balaban J connectivity index is 1.20. The summed E-state index contributed by atoms with van der Waals surface area (Å²) in [6.45, 7) is 1.55. The van der Waals surface area contributed by atoms with E-state index in [2.05, 4.69) is 15.4 Å². The summed E-state index contributed by atoms with van der Waals surface area (Å²) in [5.41, 5.74) is 1.41. The quantitative estimate of drug-likeness (QED) is 0.417. The highest BCUT2D eigenvalue weighted by Gasteiger charge is 2.26. The van der Waals surface area contributed by atoms with E-state index in [4.69, 9.17) is 0 Å². The van der Waals surface area contributed by atoms with Crippen LogP contribution >= 0.6 is 22.7 Å². The van der Waals surface area contributed by atoms with E-state index in [0.29, 0.717) is 37.4 Å². The Labute approximate surface area is 199 Å². The molecule has 1 aliphatic heterocycles. The highest BCUT2D eigenvalue weighted by molar-refractivity contribution is 7.89. The fraction of sp³-hybridized carbons (Fsp3) is 0.318. The molecule has 1 fully saturated rings. The first-order valence-corrected chi connectivity index (χ1v) is 14.0. The van der Waals surface area contributed by atoms with E-state index in [0.717, 1.165) is 34.8 Å². The number of rotatable bonds is 7. The van der Waals surface area contributed by atoms with E-state index in [1.807, 2.05) is 27.4 Å². The lowest BCUT2D eigenvalue weighted by atomic mass is 10.2. The van der Waals surface area contributed by atoms with Gasteiger partial charge in [-0.25, -0.2) is 12.9 Å². The molecule has 0 unspecified atom stereocenters. The third-order valence-corrected chi connectivity index (χ3v) is 9.27. The number of thiazole rings is 1. The van der Waals surface area contributed by atoms with Gasteiger partial charge < -0.3 is 5.32 Å². The second-order valence-corrected chi connectivity index (χ2v) is 11.6. The Hall–Kier alpha value is -2.60. The minimum absolute atomic E-state index is 0.231. The number of benzene rings is 1. The molecular formula is C22H23N5O3S3. The summed E-state index contributed by atoms with van der Waals surface area (Å²) in [4.78, 5) is 19.2. The largest absolute Gasteiger partial charge is 0.352 e. The van der Waals surface area contributed by atoms with Gasteiger partial charge in [0.25, 0.3) is 5.91 Å². The molecule has 8 nitrogen and oxygen atoms in total. The minimum Gasteiger partial charge on any atom is -0.352 e. The van der Waals surface area contributed by atoms with Crippen LogP contribution in [0, 0.1) is 0 Å². The van der Waals surface area contributed by atoms with Crippen LogP contribution in [0.5, 0.6) is 0 Å². The van der Waals surface area contributed by atoms with E-state index < -0.39 is 10.0 Å². The zero-order valence-electron chi connectivity index (χ0n) is 17.8. The molecule has 4 heterocycles. The van der Waals surface area contributed by atoms with E-state index in [1.165, 1.54) is 27.8 Å². The average Bonchev–Trinajstić information content (AvgIpc) is 3.58. The SMILES string of the molecule is O=C(NCCc1csc2nc(-c3cccs3)nn12)c1ccc(S(=O)(=O)N2CCCCC2)cc1. The molecule has 0 radical (unpaired) electrons. The standard InChI is InChI=1S/C22H23N5O3S3/c28-21(16-6-8-18(9-7-16)33(29,30)26-12-2-1-3-13-26)23-11-10-17-15-32-22-24-20(25-27(17)22)19-5-4-14-31-19/h4-9,14-15H,1-3,10-13H2,(H,23,28). The molecule has 3 aromatic heterocycles. The summed E-state index contributed by atoms with van der Waals surface area (Å²) in [6.07, 6.45) is 3.45. The van der Waals surface area contributed by atoms with Crippen LogP contribution in [0.3, 0.4) is 0 Å². The molecular weight excluding hydrogens is 478 g/mol. The Morgan fingerprint density at radius 1 is 1.06 bits per heavy atom. The van der Waals surface area contributed by atoms with Crippen molar-refractivity contribution in [2.45, 2.75) is 30.6 Å². The van der Waals surface area contributed by atoms with Gasteiger partial charge in [-0.05, 0) is 48.6 Å². The normalized spacial score (nSPS) is 15.2. The first kappa shape index (κ1) is 22.2. The van der Waals surface area contributed by atoms with Crippen molar-refractivity contribution >= 4 is 43.6 Å². The fourth-order valence-corrected chi connectivity index (χ4v) is 6.87. The van der Waals surface area contributed by atoms with Crippen molar-refractivity contribution in [1.82, 2.24) is 24.2 Å². The highest BCUT2D eigenvalue weighted by Crippen LogP contribution is 2.24. The molecule has 11 heteroatoms. The zero-order chi connectivity index (χ0) is 22.8. The number of carbonyl (C=O) groups is 1. The fourth-order valence-electron chi connectivity index (χ4n) is 3.85. The molecule has 1 N–H and O–H groups in total. The van der Waals surface area contributed by atoms with Gasteiger partial charge in [0.1, 0.15) is 0 Å². The average molecular weight is 502 g/mol. The molecule has 0 saturated carbocycles. The second-order valence-electron chi connectivity index (χ2n) is 7.83. The number of aromatic nitrogens is 3. The van der Waals surface area contributed by atoms with Gasteiger partial charge in [-0.15, -0.1) is 27.8 Å². The van der Waals surface area contributed by atoms with Crippen molar-refractivity contribution < 1.29 is 13.2 Å². The predicted octanol–water partition coefficient (Wildman–Crippen LogP) is 3.67. The van der Waals surface area contributed by atoms with Crippen LogP contribution < -0.4 is 5.32 Å². The van der Waals surface area contributed by atoms with Crippen molar-refractivity contribution in [3.63, 3.8) is 0 Å². The summed E-state index contributed by atoms with van der Waals surface area (Å²) in [7, 11) is -3.50. The molecule has 0 bridgehead atoms. The Morgan fingerprint density at radius 3 is 2.58 bits per heavy atom. The molecule has 4 aromatic rings. The van der Waals surface area contributed by atoms with Gasteiger partial charge in [0.15, 0.2) is 5.82 Å². The molecule has 0 spiro atoms. The van der Waals surface area contributed by atoms with Gasteiger partial charge in [-0.3, -0.25) is 4.79 Å². The summed E-state index contributed by atoms with van der Waals surface area (Å²) >= 11 is 3.12. The van der Waals surface area contributed by atoms with Gasteiger partial charge in [0.05, 0.1) is 15.5 Å². The van der Waals surface area contributed by atoms with Crippen molar-refractivity contribution in [3.05, 3.63) is 58.4 Å². The number of fused-ring (bicyclic) bond motifs is 1. The molecule has 172 valence electrons. The predicted molar refractivity (Wildman–Crippen MR) is 129 cm³/mol. The van der Waals surface area contributed by atoms with Crippen molar-refractivity contribution in [2.75, 3.05) is 19.6 Å². The number of sulfonamides is 1. The summed E-state index contributed by atoms with van der Waals surface area (Å²) < 4.78 is 28.9. The highest BCUT2D eigenvalue weighted by atomic mass is 32.2. The number of amides is 1. The number of carbonyl (C=O) groups excluding carboxylic acids is 1. The van der Waals surface area contributed by atoms with E-state index >= 15 is 0 Å². The van der Waals surface area contributed by atoms with E-state index in [1.54, 1.807) is 23.5 Å². The summed E-state index contributed by atoms with van der Waals surface area (Å²) in [5.74, 6) is 0.475. The number of piperidine rings is 1. The first-order valence-electron chi connectivity index (χ1n) is 10.8. The van der Waals surface area contributed by atoms with Crippen molar-refractivity contribution in [1.29, 1.82) is 0 Å². The maximum absolute atomic E-state index is 12.8. The van der Waals surface area contributed by atoms with E-state index in [-0.39, 0.29) is 10.8 Å². The number of nitrogens with one attached hydrogen (secondary N) is 1. The van der Waals surface area contributed by atoms with Crippen LogP contribution in [0.15, 0.2) is 52.1 Å². The first-order chi connectivity index (χ1) is 16.0. The third kappa shape index (κ3) is 4.58. The van der Waals surface area contributed by atoms with Gasteiger partial charge in [0.2, 0.25) is 15.0 Å². The Kier molecular flexibility index (Phi) is 6.28. The van der Waals surface area contributed by atoms with Gasteiger partial charge >= 0.3 is 0 Å². The topological polar surface area (TPSA) is 96.7 Å². The molecule has 0 atom stereocenters. The molecule has 1 aromatic carbocycles. The maximum Gasteiger partial charge on any atom is 0.251 e. The lowest BCUT2D eigenvalue weighted by Gasteiger charge is -2.25. The van der Waals surface area contributed by atoms with Gasteiger partial charge in [0, 0.05) is 37.0 Å². The lowest BCUT2D eigenvalue weighted by Crippen LogP contribution is -2.35. The van der Waals surface area contributed by atoms with Gasteiger partial charge in [-0.1, -0.05) is 12.5 Å². The van der Waals surface area contributed by atoms with E-state index in [9.17, 15) is 13.2 Å². The van der Waals surface area contributed by atoms with Crippen LogP contribution in [0.4, 0.5) is 0 Å². The monoisotopic (exact) mass is 501 g/mol. The van der Waals surface area contributed by atoms with Crippen LogP contribution in [0.2, 0.25) is 0 Å². The minimum atomic E-state index is -3.50. The van der Waals surface area contributed by atoms with Crippen LogP contribution in [-0.4, -0.2) is 52.9 Å². The second kappa shape index (κ2) is 9.34. The maximum atomic E-state index is 12.8. The van der Waals surface area contributed by atoms with Crippen molar-refractivity contribution in [2.24, 2.45) is 0 Å². The van der Waals surface area contributed by atoms with Crippen LogP contribution in [-0.2, 0) is 16.4 Å². The smallest absolute Gasteiger partial charge is 0.251 e. The molecule has 33 heavy (non-hydrogen) atoms. The summed E-state index contributed by atoms with van der Waals surface area (Å²) in [5, 5.41) is 11.5. The molecule has 1 saturated heterocycles. The summed E-state index contributed by atoms with van der Waals surface area (Å²) in [6, 6.07) is 10.1. The van der Waals surface area contributed by atoms with Crippen LogP contribution in [0.1, 0.15) is 35.3 Å². The zero-order valence-corrected chi connectivity index (χ0v) is 20.3. The number of thiophene rings is 1. The molecule has 5 rings (SSSR count). The lowest BCUT2D eigenvalue weighted by molar-refractivity contribution is 0.0954. The van der Waals surface area contributed by atoms with Crippen LogP contribution in [0.25, 0.3) is 15.7 Å². The number of hydrogen-bond donors (Lipinski definition) is 1. The number of hydrogen-bond acceptors (Lipinski definition) is 7. The Bertz CT molecular complexity index is 1350.